The number of carbonyl (C=O) groups is 1. The number of amides is 1. The van der Waals surface area contributed by atoms with Gasteiger partial charge >= 0.3 is 0 Å². The molecule has 0 fully saturated rings. The fraction of sp³-hybridized carbons (Fsp3) is 0.0870. The number of aryl methyl sites for hydroxylation is 1. The quantitative estimate of drug-likeness (QED) is 0.247. The molecular weight excluding hydrogens is 446 g/mol. The van der Waals surface area contributed by atoms with Gasteiger partial charge in [0, 0.05) is 16.1 Å². The third kappa shape index (κ3) is 4.17. The van der Waals surface area contributed by atoms with E-state index in [0.717, 1.165) is 22.3 Å². The average Bonchev–Trinajstić information content (AvgIpc) is 3.17. The second kappa shape index (κ2) is 9.14. The fourth-order valence-electron chi connectivity index (χ4n) is 3.16. The predicted molar refractivity (Wildman–Crippen MR) is 127 cm³/mol. The van der Waals surface area contributed by atoms with Crippen molar-refractivity contribution >= 4 is 61.9 Å². The third-order valence-corrected chi connectivity index (χ3v) is 5.76. The first-order valence-electron chi connectivity index (χ1n) is 9.44. The highest BCUT2D eigenvalue weighted by atomic mass is 35.5. The number of anilines is 1. The first kappa shape index (κ1) is 21.4. The molecule has 0 aliphatic rings. The highest BCUT2D eigenvalue weighted by Crippen LogP contribution is 2.42. The Labute approximate surface area is 193 Å². The Morgan fingerprint density at radius 1 is 1.19 bits per heavy atom. The maximum absolute atomic E-state index is 13.1. The van der Waals surface area contributed by atoms with Crippen molar-refractivity contribution in [3.8, 4) is 5.75 Å². The number of carbonyl (C=O) groups excluding carboxylic acids is 1. The van der Waals surface area contributed by atoms with Crippen LogP contribution in [-0.2, 0) is 0 Å². The van der Waals surface area contributed by atoms with E-state index in [-0.39, 0.29) is 11.7 Å². The number of halogens is 1. The Morgan fingerprint density at radius 3 is 2.66 bits per heavy atom. The molecule has 0 aliphatic carbocycles. The molecule has 0 spiro atoms. The molecule has 0 aliphatic heterocycles. The highest BCUT2D eigenvalue weighted by molar-refractivity contribution is 7.10. The van der Waals surface area contributed by atoms with Gasteiger partial charge in [0.15, 0.2) is 10.8 Å². The number of nitrogens with zero attached hydrogens (tertiary/aromatic N) is 4. The minimum atomic E-state index is -0.359. The topological polar surface area (TPSA) is 80.3 Å². The molecule has 1 heterocycles. The van der Waals surface area contributed by atoms with Crippen LogP contribution in [-0.4, -0.2) is 17.4 Å². The molecule has 0 radical (unpaired) electrons. The number of ether oxygens (including phenoxy) is 1. The van der Waals surface area contributed by atoms with Gasteiger partial charge in [-0.2, -0.15) is 0 Å². The van der Waals surface area contributed by atoms with Crippen LogP contribution in [0.5, 0.6) is 5.75 Å². The number of rotatable bonds is 5. The maximum Gasteiger partial charge on any atom is 0.259 e. The van der Waals surface area contributed by atoms with Crippen LogP contribution in [0, 0.1) is 13.5 Å². The van der Waals surface area contributed by atoms with Crippen molar-refractivity contribution in [3.63, 3.8) is 0 Å². The van der Waals surface area contributed by atoms with Crippen molar-refractivity contribution in [2.45, 2.75) is 6.92 Å². The zero-order valence-electron chi connectivity index (χ0n) is 17.1. The number of hydrogen-bond donors (Lipinski definition) is 1. The molecule has 0 unspecified atom stereocenters. The zero-order chi connectivity index (χ0) is 22.7. The van der Waals surface area contributed by atoms with Crippen molar-refractivity contribution in [1.82, 2.24) is 4.37 Å². The molecular formula is C23H16ClN5O2S. The Morgan fingerprint density at radius 2 is 1.94 bits per heavy atom. The standard InChI is InChI=1S/C23H16ClN5O2S/c1-13-19(25-2)23(32-29-13)28-27-20-17-7-5-4-6-14(17)12-18(21(20)31-3)22(30)26-16-10-8-15(24)9-11-16/h4-12H,1,3H3,(H,26,30). The second-order valence-electron chi connectivity index (χ2n) is 6.72. The van der Waals surface area contributed by atoms with Crippen LogP contribution in [0.15, 0.2) is 64.8 Å². The van der Waals surface area contributed by atoms with E-state index >= 15 is 0 Å². The number of hydrogen-bond acceptors (Lipinski definition) is 6. The lowest BCUT2D eigenvalue weighted by atomic mass is 10.0. The summed E-state index contributed by atoms with van der Waals surface area (Å²) < 4.78 is 9.78. The molecule has 9 heteroatoms. The largest absolute Gasteiger partial charge is 0.494 e. The monoisotopic (exact) mass is 461 g/mol. The van der Waals surface area contributed by atoms with E-state index in [1.807, 2.05) is 24.3 Å². The number of aromatic nitrogens is 1. The molecule has 0 saturated carbocycles. The lowest BCUT2D eigenvalue weighted by Crippen LogP contribution is -2.13. The van der Waals surface area contributed by atoms with Crippen LogP contribution in [0.4, 0.5) is 22.1 Å². The van der Waals surface area contributed by atoms with Crippen molar-refractivity contribution < 1.29 is 9.53 Å². The number of fused-ring (bicyclic) bond motifs is 1. The molecule has 1 amide bonds. The van der Waals surface area contributed by atoms with E-state index in [0.29, 0.717) is 38.3 Å². The van der Waals surface area contributed by atoms with E-state index in [1.54, 1.807) is 37.3 Å². The molecule has 158 valence electrons. The molecule has 7 nitrogen and oxygen atoms in total. The third-order valence-electron chi connectivity index (χ3n) is 4.69. The van der Waals surface area contributed by atoms with Gasteiger partial charge in [-0.25, -0.2) is 9.22 Å². The minimum absolute atomic E-state index is 0.282. The van der Waals surface area contributed by atoms with E-state index < -0.39 is 0 Å². The van der Waals surface area contributed by atoms with Crippen molar-refractivity contribution in [2.24, 2.45) is 10.2 Å². The maximum atomic E-state index is 13.1. The molecule has 0 bridgehead atoms. The lowest BCUT2D eigenvalue weighted by Gasteiger charge is -2.14. The van der Waals surface area contributed by atoms with Gasteiger partial charge in [0.05, 0.1) is 24.9 Å². The van der Waals surface area contributed by atoms with Crippen molar-refractivity contribution in [2.75, 3.05) is 12.4 Å². The Hall–Kier alpha value is -3.80. The summed E-state index contributed by atoms with van der Waals surface area (Å²) in [6.07, 6.45) is 0. The Balaban J connectivity index is 1.82. The zero-order valence-corrected chi connectivity index (χ0v) is 18.7. The summed E-state index contributed by atoms with van der Waals surface area (Å²) in [6.45, 7) is 9.10. The smallest absolute Gasteiger partial charge is 0.259 e. The molecule has 3 aromatic carbocycles. The molecule has 4 aromatic rings. The molecule has 1 N–H and O–H groups in total. The Bertz CT molecular complexity index is 1390. The number of methoxy groups -OCH3 is 1. The van der Waals surface area contributed by atoms with Crippen LogP contribution in [0.25, 0.3) is 15.6 Å². The summed E-state index contributed by atoms with van der Waals surface area (Å²) in [4.78, 5) is 16.6. The van der Waals surface area contributed by atoms with Gasteiger partial charge in [-0.1, -0.05) is 35.9 Å². The van der Waals surface area contributed by atoms with Crippen LogP contribution >= 0.6 is 23.1 Å². The summed E-state index contributed by atoms with van der Waals surface area (Å²) in [5, 5.41) is 14.0. The number of benzene rings is 3. The summed E-state index contributed by atoms with van der Waals surface area (Å²) in [5.74, 6) is -0.0774. The van der Waals surface area contributed by atoms with Crippen LogP contribution in [0.1, 0.15) is 16.1 Å². The van der Waals surface area contributed by atoms with E-state index in [9.17, 15) is 4.79 Å². The fourth-order valence-corrected chi connectivity index (χ4v) is 3.95. The van der Waals surface area contributed by atoms with Crippen LogP contribution in [0.2, 0.25) is 5.02 Å². The van der Waals surface area contributed by atoms with E-state index in [1.165, 1.54) is 7.11 Å². The summed E-state index contributed by atoms with van der Waals surface area (Å²) in [7, 11) is 1.48. The van der Waals surface area contributed by atoms with Crippen molar-refractivity contribution in [1.29, 1.82) is 0 Å². The van der Waals surface area contributed by atoms with Gasteiger partial charge in [-0.05, 0) is 54.2 Å². The summed E-state index contributed by atoms with van der Waals surface area (Å²) in [6, 6.07) is 16.1. The molecule has 32 heavy (non-hydrogen) atoms. The van der Waals surface area contributed by atoms with Gasteiger partial charge in [-0.15, -0.1) is 10.2 Å². The second-order valence-corrected chi connectivity index (χ2v) is 7.91. The summed E-state index contributed by atoms with van der Waals surface area (Å²) in [5.41, 5.74) is 2.26. The molecule has 4 rings (SSSR count). The first-order chi connectivity index (χ1) is 15.5. The minimum Gasteiger partial charge on any atom is -0.494 e. The molecule has 0 atom stereocenters. The predicted octanol–water partition coefficient (Wildman–Crippen LogP) is 7.49. The van der Waals surface area contributed by atoms with Gasteiger partial charge in [0.1, 0.15) is 5.69 Å². The average molecular weight is 462 g/mol. The van der Waals surface area contributed by atoms with Gasteiger partial charge in [0.2, 0.25) is 5.69 Å². The SMILES string of the molecule is [C-]#[N+]c1c(C)nsc1N=Nc1c(OC)c(C(=O)Nc2ccc(Cl)cc2)cc2ccccc12. The molecule has 1 aromatic heterocycles. The summed E-state index contributed by atoms with van der Waals surface area (Å²) >= 11 is 7.03. The van der Waals surface area contributed by atoms with Crippen molar-refractivity contribution in [3.05, 3.63) is 82.3 Å². The van der Waals surface area contributed by atoms with E-state index in [4.69, 9.17) is 22.9 Å². The highest BCUT2D eigenvalue weighted by Gasteiger charge is 2.20. The van der Waals surface area contributed by atoms with Gasteiger partial charge in [0.25, 0.3) is 5.91 Å². The Kier molecular flexibility index (Phi) is 6.12. The number of azo groups is 1. The molecule has 0 saturated heterocycles. The lowest BCUT2D eigenvalue weighted by molar-refractivity contribution is 0.102. The van der Waals surface area contributed by atoms with E-state index in [2.05, 4.69) is 24.8 Å². The van der Waals surface area contributed by atoms with Crippen LogP contribution < -0.4 is 10.1 Å². The van der Waals surface area contributed by atoms with Crippen LogP contribution in [0.3, 0.4) is 0 Å². The number of nitrogens with one attached hydrogen (secondary N) is 1. The first-order valence-corrected chi connectivity index (χ1v) is 10.6. The normalized spacial score (nSPS) is 10.9. The van der Waals surface area contributed by atoms with Gasteiger partial charge in [-0.3, -0.25) is 4.79 Å². The van der Waals surface area contributed by atoms with Gasteiger partial charge < -0.3 is 10.1 Å².